The van der Waals surface area contributed by atoms with Crippen molar-refractivity contribution >= 4 is 23.2 Å². The second-order valence-electron chi connectivity index (χ2n) is 8.81. The van der Waals surface area contributed by atoms with Gasteiger partial charge in [-0.15, -0.1) is 11.3 Å². The third-order valence-corrected chi connectivity index (χ3v) is 7.67. The van der Waals surface area contributed by atoms with Crippen molar-refractivity contribution in [3.63, 3.8) is 0 Å². The molecule has 1 aliphatic rings. The lowest BCUT2D eigenvalue weighted by Gasteiger charge is -2.38. The van der Waals surface area contributed by atoms with E-state index >= 15 is 0 Å². The highest BCUT2D eigenvalue weighted by molar-refractivity contribution is 7.10. The monoisotopic (exact) mass is 510 g/mol. The number of hydrogen-bond acceptors (Lipinski definition) is 5. The third kappa shape index (κ3) is 5.54. The summed E-state index contributed by atoms with van der Waals surface area (Å²) in [6.07, 6.45) is 1.45. The molecule has 0 spiro atoms. The van der Waals surface area contributed by atoms with E-state index in [9.17, 15) is 14.0 Å². The predicted molar refractivity (Wildman–Crippen MR) is 138 cm³/mol. The average molecular weight is 511 g/mol. The summed E-state index contributed by atoms with van der Waals surface area (Å²) < 4.78 is 25.2. The van der Waals surface area contributed by atoms with Crippen LogP contribution in [0, 0.1) is 5.82 Å². The van der Waals surface area contributed by atoms with E-state index in [4.69, 9.17) is 9.47 Å². The van der Waals surface area contributed by atoms with Crippen molar-refractivity contribution in [2.24, 2.45) is 0 Å². The molecular formula is C28H31FN2O4S. The second kappa shape index (κ2) is 11.6. The highest BCUT2D eigenvalue weighted by Gasteiger charge is 2.34. The maximum atomic E-state index is 14.2. The van der Waals surface area contributed by atoms with E-state index < -0.39 is 5.82 Å². The van der Waals surface area contributed by atoms with Crippen LogP contribution in [0.5, 0.6) is 11.5 Å². The minimum Gasteiger partial charge on any atom is -0.497 e. The summed E-state index contributed by atoms with van der Waals surface area (Å²) in [5, 5.41) is 2.01. The molecule has 8 heteroatoms. The Balaban J connectivity index is 1.55. The van der Waals surface area contributed by atoms with E-state index in [2.05, 4.69) is 0 Å². The topological polar surface area (TPSA) is 59.1 Å². The molecule has 2 atom stereocenters. The van der Waals surface area contributed by atoms with Crippen LogP contribution in [0.25, 0.3) is 0 Å². The van der Waals surface area contributed by atoms with Crippen LogP contribution in [0.3, 0.4) is 0 Å². The molecule has 1 aliphatic heterocycles. The van der Waals surface area contributed by atoms with Crippen molar-refractivity contribution in [2.45, 2.75) is 38.8 Å². The van der Waals surface area contributed by atoms with Gasteiger partial charge in [-0.2, -0.15) is 0 Å². The highest BCUT2D eigenvalue weighted by Crippen LogP contribution is 2.34. The molecule has 2 heterocycles. The third-order valence-electron chi connectivity index (χ3n) is 6.67. The first-order valence-electron chi connectivity index (χ1n) is 12.1. The number of thiophene rings is 1. The Morgan fingerprint density at radius 3 is 2.61 bits per heavy atom. The lowest BCUT2D eigenvalue weighted by Crippen LogP contribution is -2.49. The Kier molecular flexibility index (Phi) is 8.25. The summed E-state index contributed by atoms with van der Waals surface area (Å²) in [6, 6.07) is 14.7. The van der Waals surface area contributed by atoms with Gasteiger partial charge >= 0.3 is 0 Å². The highest BCUT2D eigenvalue weighted by atomic mass is 32.1. The molecule has 0 unspecified atom stereocenters. The number of carbonyl (C=O) groups excluding carboxylic acids is 2. The van der Waals surface area contributed by atoms with Gasteiger partial charge in [-0.3, -0.25) is 9.59 Å². The number of rotatable bonds is 9. The Morgan fingerprint density at radius 1 is 1.17 bits per heavy atom. The van der Waals surface area contributed by atoms with E-state index in [1.807, 2.05) is 25.3 Å². The van der Waals surface area contributed by atoms with Gasteiger partial charge in [-0.25, -0.2) is 4.39 Å². The van der Waals surface area contributed by atoms with Crippen molar-refractivity contribution in [1.29, 1.82) is 0 Å². The molecule has 2 aromatic carbocycles. The normalized spacial score (nSPS) is 15.7. The number of fused-ring (bicyclic) bond motifs is 1. The van der Waals surface area contributed by atoms with Gasteiger partial charge < -0.3 is 19.3 Å². The zero-order chi connectivity index (χ0) is 25.7. The Labute approximate surface area is 215 Å². The zero-order valence-electron chi connectivity index (χ0n) is 20.8. The molecule has 0 aliphatic carbocycles. The van der Waals surface area contributed by atoms with Gasteiger partial charge in [0.05, 0.1) is 13.2 Å². The lowest BCUT2D eigenvalue weighted by atomic mass is 10.00. The summed E-state index contributed by atoms with van der Waals surface area (Å²) in [5.41, 5.74) is 1.52. The van der Waals surface area contributed by atoms with Crippen molar-refractivity contribution in [2.75, 3.05) is 26.8 Å². The molecule has 0 bridgehead atoms. The summed E-state index contributed by atoms with van der Waals surface area (Å²) in [7, 11) is 1.57. The molecule has 0 N–H and O–H groups in total. The van der Waals surface area contributed by atoms with Gasteiger partial charge in [0.2, 0.25) is 5.91 Å². The van der Waals surface area contributed by atoms with Crippen LogP contribution in [-0.2, 0) is 11.2 Å². The quantitative estimate of drug-likeness (QED) is 0.390. The summed E-state index contributed by atoms with van der Waals surface area (Å²) in [4.78, 5) is 31.7. The van der Waals surface area contributed by atoms with Crippen LogP contribution >= 0.6 is 11.3 Å². The molecule has 4 rings (SSSR count). The molecule has 3 aromatic rings. The number of methoxy groups -OCH3 is 1. The van der Waals surface area contributed by atoms with Gasteiger partial charge in [0.1, 0.15) is 18.9 Å². The van der Waals surface area contributed by atoms with Gasteiger partial charge in [-0.05, 0) is 73.2 Å². The molecular weight excluding hydrogens is 479 g/mol. The molecule has 6 nitrogen and oxygen atoms in total. The first-order valence-corrected chi connectivity index (χ1v) is 13.0. The maximum Gasteiger partial charge on any atom is 0.254 e. The molecule has 36 heavy (non-hydrogen) atoms. The number of halogens is 1. The molecule has 0 radical (unpaired) electrons. The smallest absolute Gasteiger partial charge is 0.254 e. The molecule has 0 saturated carbocycles. The van der Waals surface area contributed by atoms with E-state index in [-0.39, 0.29) is 42.8 Å². The fraction of sp³-hybridized carbons (Fsp3) is 0.357. The lowest BCUT2D eigenvalue weighted by molar-refractivity contribution is -0.136. The minimum atomic E-state index is -0.440. The van der Waals surface area contributed by atoms with Gasteiger partial charge in [0.15, 0.2) is 11.6 Å². The van der Waals surface area contributed by atoms with Crippen molar-refractivity contribution in [1.82, 2.24) is 9.80 Å². The second-order valence-corrected chi connectivity index (χ2v) is 9.81. The van der Waals surface area contributed by atoms with Crippen molar-refractivity contribution in [3.05, 3.63) is 81.8 Å². The fourth-order valence-electron chi connectivity index (χ4n) is 4.39. The van der Waals surface area contributed by atoms with Crippen LogP contribution < -0.4 is 9.47 Å². The molecule has 1 aromatic heterocycles. The SMILES string of the molecule is CC[C@H](C)N(CC(=O)N1CCc2sccc2[C@H]1COc1ccccc1F)C(=O)c1ccc(OC)cc1. The standard InChI is InChI=1S/C28H31FN2O4S/c1-4-19(2)31(28(33)20-9-11-21(34-3)12-10-20)17-27(32)30-15-13-26-22(14-16-36-26)24(30)18-35-25-8-6-5-7-23(25)29/h5-12,14,16,19,24H,4,13,15,17-18H2,1-3H3/t19-,24+/m0/s1. The Bertz CT molecular complexity index is 1200. The van der Waals surface area contributed by atoms with Gasteiger partial charge in [0, 0.05) is 23.0 Å². The van der Waals surface area contributed by atoms with Crippen molar-refractivity contribution in [3.8, 4) is 11.5 Å². The van der Waals surface area contributed by atoms with Gasteiger partial charge in [0.25, 0.3) is 5.91 Å². The Morgan fingerprint density at radius 2 is 1.92 bits per heavy atom. The largest absolute Gasteiger partial charge is 0.497 e. The molecule has 0 fully saturated rings. The van der Waals surface area contributed by atoms with Crippen molar-refractivity contribution < 1.29 is 23.5 Å². The Hall–Kier alpha value is -3.39. The summed E-state index contributed by atoms with van der Waals surface area (Å²) >= 11 is 1.65. The number of carbonyl (C=O) groups is 2. The maximum absolute atomic E-state index is 14.2. The molecule has 2 amide bonds. The number of hydrogen-bond donors (Lipinski definition) is 0. The van der Waals surface area contributed by atoms with E-state index in [1.165, 1.54) is 10.9 Å². The first kappa shape index (κ1) is 25.7. The van der Waals surface area contributed by atoms with E-state index in [0.717, 1.165) is 12.0 Å². The number of para-hydroxylation sites is 1. The van der Waals surface area contributed by atoms with Crippen LogP contribution in [0.4, 0.5) is 4.39 Å². The number of amides is 2. The fourth-order valence-corrected chi connectivity index (χ4v) is 5.32. The predicted octanol–water partition coefficient (Wildman–Crippen LogP) is 5.34. The number of benzene rings is 2. The summed E-state index contributed by atoms with van der Waals surface area (Å²) in [5.74, 6) is 0.0205. The zero-order valence-corrected chi connectivity index (χ0v) is 21.6. The summed E-state index contributed by atoms with van der Waals surface area (Å²) in [6.45, 7) is 4.54. The van der Waals surface area contributed by atoms with Crippen LogP contribution in [0.15, 0.2) is 60.0 Å². The number of ether oxygens (including phenoxy) is 2. The van der Waals surface area contributed by atoms with Crippen LogP contribution in [0.1, 0.15) is 47.1 Å². The minimum absolute atomic E-state index is 0.0461. The van der Waals surface area contributed by atoms with Crippen LogP contribution in [0.2, 0.25) is 0 Å². The van der Waals surface area contributed by atoms with Crippen LogP contribution in [-0.4, -0.2) is 54.5 Å². The number of nitrogens with zero attached hydrogens (tertiary/aromatic N) is 2. The van der Waals surface area contributed by atoms with Gasteiger partial charge in [-0.1, -0.05) is 19.1 Å². The van der Waals surface area contributed by atoms with E-state index in [0.29, 0.717) is 24.3 Å². The first-order chi connectivity index (χ1) is 17.4. The van der Waals surface area contributed by atoms with E-state index in [1.54, 1.807) is 70.7 Å². The molecule has 0 saturated heterocycles. The molecule has 190 valence electrons. The average Bonchev–Trinajstić information content (AvgIpc) is 3.39.